The second kappa shape index (κ2) is 3.98. The Balaban J connectivity index is 2.06. The third-order valence-corrected chi connectivity index (χ3v) is 2.97. The number of aromatic nitrogens is 3. The maximum absolute atomic E-state index is 4.97. The van der Waals surface area contributed by atoms with Crippen molar-refractivity contribution in [2.75, 3.05) is 5.32 Å². The molecule has 0 aliphatic heterocycles. The zero-order valence-electron chi connectivity index (χ0n) is 8.81. The molecule has 0 spiro atoms. The lowest BCUT2D eigenvalue weighted by Crippen LogP contribution is -2.06. The summed E-state index contributed by atoms with van der Waals surface area (Å²) in [5, 5.41) is 7.82. The van der Waals surface area contributed by atoms with Crippen molar-refractivity contribution in [1.82, 2.24) is 15.1 Å². The van der Waals surface area contributed by atoms with Crippen molar-refractivity contribution in [3.8, 4) is 0 Å². The van der Waals surface area contributed by atoms with Crippen LogP contribution < -0.4 is 5.32 Å². The van der Waals surface area contributed by atoms with E-state index in [4.69, 9.17) is 4.52 Å². The monoisotopic (exact) mass is 224 g/mol. The lowest BCUT2D eigenvalue weighted by atomic mass is 10.4. The van der Waals surface area contributed by atoms with E-state index < -0.39 is 0 Å². The summed E-state index contributed by atoms with van der Waals surface area (Å²) in [5.74, 6) is 0.625. The third kappa shape index (κ3) is 2.33. The first-order valence-corrected chi connectivity index (χ1v) is 5.46. The van der Waals surface area contributed by atoms with E-state index in [0.29, 0.717) is 11.8 Å². The fourth-order valence-corrected chi connectivity index (χ4v) is 1.95. The first-order valence-electron chi connectivity index (χ1n) is 4.64. The molecule has 0 fully saturated rings. The minimum absolute atomic E-state index is 0.0866. The van der Waals surface area contributed by atoms with Crippen LogP contribution in [0, 0.1) is 13.8 Å². The van der Waals surface area contributed by atoms with E-state index in [9.17, 15) is 0 Å². The molecule has 0 aliphatic rings. The molecule has 1 atom stereocenters. The van der Waals surface area contributed by atoms with Crippen LogP contribution in [-0.4, -0.2) is 15.1 Å². The normalized spacial score (nSPS) is 12.7. The molecular weight excluding hydrogens is 212 g/mol. The first kappa shape index (κ1) is 10.1. The lowest BCUT2D eigenvalue weighted by Gasteiger charge is -2.07. The molecule has 2 heterocycles. The number of nitrogens with zero attached hydrogens (tertiary/aromatic N) is 3. The Hall–Kier alpha value is -1.43. The highest BCUT2D eigenvalue weighted by Gasteiger charge is 2.12. The van der Waals surface area contributed by atoms with Gasteiger partial charge in [0.15, 0.2) is 5.82 Å². The highest BCUT2D eigenvalue weighted by Crippen LogP contribution is 2.22. The molecule has 2 aromatic rings. The topological polar surface area (TPSA) is 63.8 Å². The van der Waals surface area contributed by atoms with Gasteiger partial charge >= 0.3 is 6.01 Å². The summed E-state index contributed by atoms with van der Waals surface area (Å²) in [7, 11) is 0. The van der Waals surface area contributed by atoms with Gasteiger partial charge in [-0.3, -0.25) is 0 Å². The van der Waals surface area contributed by atoms with Crippen LogP contribution in [-0.2, 0) is 0 Å². The smallest absolute Gasteiger partial charge is 0.322 e. The van der Waals surface area contributed by atoms with Crippen LogP contribution >= 0.6 is 11.3 Å². The second-order valence-electron chi connectivity index (χ2n) is 3.32. The van der Waals surface area contributed by atoms with Crippen molar-refractivity contribution in [2.45, 2.75) is 26.8 Å². The molecule has 15 heavy (non-hydrogen) atoms. The molecule has 0 aromatic carbocycles. The van der Waals surface area contributed by atoms with Crippen molar-refractivity contribution in [1.29, 1.82) is 0 Å². The van der Waals surface area contributed by atoms with Crippen molar-refractivity contribution in [3.05, 3.63) is 21.9 Å². The molecule has 0 aliphatic carbocycles. The van der Waals surface area contributed by atoms with Gasteiger partial charge in [-0.2, -0.15) is 4.98 Å². The third-order valence-electron chi connectivity index (χ3n) is 1.88. The van der Waals surface area contributed by atoms with Gasteiger partial charge in [-0.05, 0) is 20.8 Å². The Morgan fingerprint density at radius 2 is 2.27 bits per heavy atom. The van der Waals surface area contributed by atoms with Crippen LogP contribution in [0.4, 0.5) is 6.01 Å². The lowest BCUT2D eigenvalue weighted by molar-refractivity contribution is 0.422. The zero-order valence-corrected chi connectivity index (χ0v) is 9.63. The van der Waals surface area contributed by atoms with Crippen LogP contribution in [0.25, 0.3) is 0 Å². The van der Waals surface area contributed by atoms with Crippen LogP contribution in [0.5, 0.6) is 0 Å². The van der Waals surface area contributed by atoms with Crippen molar-refractivity contribution in [2.24, 2.45) is 0 Å². The molecule has 0 radical (unpaired) electrons. The van der Waals surface area contributed by atoms with E-state index in [1.54, 1.807) is 18.3 Å². The molecule has 6 heteroatoms. The van der Waals surface area contributed by atoms with E-state index in [1.807, 2.05) is 20.0 Å². The Bertz CT molecular complexity index is 450. The molecule has 2 rings (SSSR count). The number of nitrogens with one attached hydrogen (secondary N) is 1. The number of aryl methyl sites for hydroxylation is 2. The molecule has 80 valence electrons. The van der Waals surface area contributed by atoms with E-state index >= 15 is 0 Å². The van der Waals surface area contributed by atoms with Crippen LogP contribution in [0.2, 0.25) is 0 Å². The fraction of sp³-hybridized carbons (Fsp3) is 0.444. The standard InChI is InChI=1S/C9H12N4OS/c1-5-4-10-8(15-5)6(2)11-9-12-7(3)13-14-9/h4,6H,1-3H3,(H,11,12,13). The van der Waals surface area contributed by atoms with Gasteiger partial charge in [-0.1, -0.05) is 5.16 Å². The average molecular weight is 224 g/mol. The van der Waals surface area contributed by atoms with Gasteiger partial charge in [-0.25, -0.2) is 4.98 Å². The van der Waals surface area contributed by atoms with Crippen LogP contribution in [0.1, 0.15) is 28.7 Å². The summed E-state index contributed by atoms with van der Waals surface area (Å²) in [5.41, 5.74) is 0. The number of thiazole rings is 1. The molecule has 0 amide bonds. The zero-order chi connectivity index (χ0) is 10.8. The van der Waals surface area contributed by atoms with Gasteiger partial charge in [-0.15, -0.1) is 11.3 Å². The maximum Gasteiger partial charge on any atom is 0.322 e. The van der Waals surface area contributed by atoms with Gasteiger partial charge in [0.2, 0.25) is 0 Å². The summed E-state index contributed by atoms with van der Waals surface area (Å²) in [6.45, 7) is 5.83. The highest BCUT2D eigenvalue weighted by atomic mass is 32.1. The molecule has 1 N–H and O–H groups in total. The predicted octanol–water partition coefficient (Wildman–Crippen LogP) is 2.32. The summed E-state index contributed by atoms with van der Waals surface area (Å²) in [6.07, 6.45) is 1.86. The van der Waals surface area contributed by atoms with Crippen molar-refractivity contribution < 1.29 is 4.52 Å². The highest BCUT2D eigenvalue weighted by molar-refractivity contribution is 7.11. The second-order valence-corrected chi connectivity index (χ2v) is 4.59. The SMILES string of the molecule is Cc1noc(NC(C)c2ncc(C)s2)n1. The van der Waals surface area contributed by atoms with Crippen molar-refractivity contribution in [3.63, 3.8) is 0 Å². The van der Waals surface area contributed by atoms with Gasteiger partial charge in [0.05, 0.1) is 6.04 Å². The van der Waals surface area contributed by atoms with Crippen LogP contribution in [0.15, 0.2) is 10.7 Å². The molecule has 2 aromatic heterocycles. The number of hydrogen-bond acceptors (Lipinski definition) is 6. The summed E-state index contributed by atoms with van der Waals surface area (Å²) < 4.78 is 4.97. The molecule has 5 nitrogen and oxygen atoms in total. The Morgan fingerprint density at radius 3 is 2.80 bits per heavy atom. The van der Waals surface area contributed by atoms with E-state index in [-0.39, 0.29) is 6.04 Å². The largest absolute Gasteiger partial charge is 0.329 e. The van der Waals surface area contributed by atoms with Crippen LogP contribution in [0.3, 0.4) is 0 Å². The van der Waals surface area contributed by atoms with Gasteiger partial charge in [0, 0.05) is 11.1 Å². The number of hydrogen-bond donors (Lipinski definition) is 1. The summed E-state index contributed by atoms with van der Waals surface area (Å²) in [4.78, 5) is 9.55. The molecule has 1 unspecified atom stereocenters. The molecular formula is C9H12N4OS. The van der Waals surface area contributed by atoms with Gasteiger partial charge < -0.3 is 9.84 Å². The minimum Gasteiger partial charge on any atom is -0.329 e. The van der Waals surface area contributed by atoms with Gasteiger partial charge in [0.25, 0.3) is 0 Å². The molecule has 0 saturated heterocycles. The fourth-order valence-electron chi connectivity index (χ4n) is 1.18. The average Bonchev–Trinajstić information content (AvgIpc) is 2.75. The predicted molar refractivity (Wildman–Crippen MR) is 57.9 cm³/mol. The first-order chi connectivity index (χ1) is 7.15. The summed E-state index contributed by atoms with van der Waals surface area (Å²) in [6, 6.07) is 0.524. The number of anilines is 1. The Kier molecular flexibility index (Phi) is 2.68. The maximum atomic E-state index is 4.97. The van der Waals surface area contributed by atoms with Crippen molar-refractivity contribution >= 4 is 17.4 Å². The minimum atomic E-state index is 0.0866. The number of rotatable bonds is 3. The summed E-state index contributed by atoms with van der Waals surface area (Å²) >= 11 is 1.66. The Morgan fingerprint density at radius 1 is 1.47 bits per heavy atom. The Labute approximate surface area is 91.5 Å². The van der Waals surface area contributed by atoms with E-state index in [1.165, 1.54) is 4.88 Å². The molecule has 0 saturated carbocycles. The van der Waals surface area contributed by atoms with E-state index in [2.05, 4.69) is 20.4 Å². The quantitative estimate of drug-likeness (QED) is 0.866. The molecule has 0 bridgehead atoms. The van der Waals surface area contributed by atoms with Gasteiger partial charge in [0.1, 0.15) is 5.01 Å². The van der Waals surface area contributed by atoms with E-state index in [0.717, 1.165) is 5.01 Å².